The monoisotopic (exact) mass is 251 g/mol. The zero-order valence-electron chi connectivity index (χ0n) is 11.0. The Kier molecular flexibility index (Phi) is 3.18. The van der Waals surface area contributed by atoms with Crippen LogP contribution in [0.1, 0.15) is 18.4 Å². The highest BCUT2D eigenvalue weighted by atomic mass is 16.5. The molecule has 0 bridgehead atoms. The fraction of sp³-hybridized carbons (Fsp3) is 0.545. The van der Waals surface area contributed by atoms with Crippen LogP contribution < -0.4 is 5.73 Å². The molecule has 1 unspecified atom stereocenters. The molecule has 1 atom stereocenters. The summed E-state index contributed by atoms with van der Waals surface area (Å²) in [5.41, 5.74) is 7.05. The van der Waals surface area contributed by atoms with Crippen molar-refractivity contribution in [1.29, 1.82) is 0 Å². The number of rotatable bonds is 4. The molecule has 2 N–H and O–H groups in total. The molecule has 0 saturated heterocycles. The number of aromatic nitrogens is 4. The van der Waals surface area contributed by atoms with Gasteiger partial charge in [0.1, 0.15) is 5.54 Å². The van der Waals surface area contributed by atoms with Crippen LogP contribution in [0.5, 0.6) is 0 Å². The highest BCUT2D eigenvalue weighted by molar-refractivity contribution is 5.54. The summed E-state index contributed by atoms with van der Waals surface area (Å²) in [6.45, 7) is 4.04. The Morgan fingerprint density at radius 2 is 2.28 bits per heavy atom. The molecule has 7 nitrogen and oxygen atoms in total. The van der Waals surface area contributed by atoms with Gasteiger partial charge < -0.3 is 15.0 Å². The Balaban J connectivity index is 2.34. The van der Waals surface area contributed by atoms with Crippen LogP contribution in [0, 0.1) is 6.92 Å². The zero-order chi connectivity index (χ0) is 13.3. The highest BCUT2D eigenvalue weighted by Gasteiger charge is 2.28. The van der Waals surface area contributed by atoms with Gasteiger partial charge in [-0.2, -0.15) is 10.1 Å². The molecule has 2 aromatic rings. The molecular weight excluding hydrogens is 234 g/mol. The first-order chi connectivity index (χ1) is 8.45. The molecule has 0 aromatic carbocycles. The zero-order valence-corrected chi connectivity index (χ0v) is 11.0. The van der Waals surface area contributed by atoms with E-state index in [4.69, 9.17) is 15.0 Å². The molecule has 0 saturated carbocycles. The third-order valence-corrected chi connectivity index (χ3v) is 2.85. The maximum atomic E-state index is 6.05. The molecule has 0 aliphatic heterocycles. The van der Waals surface area contributed by atoms with Crippen molar-refractivity contribution in [2.75, 3.05) is 13.7 Å². The number of methoxy groups -OCH3 is 1. The second kappa shape index (κ2) is 4.51. The van der Waals surface area contributed by atoms with Crippen LogP contribution in [0.3, 0.4) is 0 Å². The van der Waals surface area contributed by atoms with Crippen molar-refractivity contribution < 1.29 is 9.26 Å². The first kappa shape index (κ1) is 12.7. The van der Waals surface area contributed by atoms with Crippen molar-refractivity contribution in [3.8, 4) is 11.5 Å². The third kappa shape index (κ3) is 2.14. The number of nitrogens with two attached hydrogens (primary N) is 1. The quantitative estimate of drug-likeness (QED) is 0.855. The lowest BCUT2D eigenvalue weighted by molar-refractivity contribution is 0.135. The standard InChI is InChI=1S/C11H17N5O2/c1-7-8(5-13-16(7)3)9-14-10(15-18-9)11(2,12)6-17-4/h5H,6,12H2,1-4H3. The molecule has 18 heavy (non-hydrogen) atoms. The van der Waals surface area contributed by atoms with E-state index in [1.54, 1.807) is 24.9 Å². The van der Waals surface area contributed by atoms with Crippen LogP contribution in [-0.4, -0.2) is 33.6 Å². The van der Waals surface area contributed by atoms with E-state index in [0.717, 1.165) is 11.3 Å². The van der Waals surface area contributed by atoms with Crippen molar-refractivity contribution in [3.63, 3.8) is 0 Å². The average molecular weight is 251 g/mol. The van der Waals surface area contributed by atoms with E-state index in [1.807, 2.05) is 14.0 Å². The number of aryl methyl sites for hydroxylation is 1. The largest absolute Gasteiger partial charge is 0.382 e. The van der Waals surface area contributed by atoms with Gasteiger partial charge in [0.05, 0.1) is 18.4 Å². The van der Waals surface area contributed by atoms with E-state index in [-0.39, 0.29) is 0 Å². The van der Waals surface area contributed by atoms with Crippen LogP contribution in [0.15, 0.2) is 10.7 Å². The molecule has 0 aliphatic rings. The molecule has 0 aliphatic carbocycles. The summed E-state index contributed by atoms with van der Waals surface area (Å²) in [5.74, 6) is 0.839. The SMILES string of the molecule is COCC(C)(N)c1noc(-c2cnn(C)c2C)n1. The minimum absolute atomic E-state index is 0.317. The molecular formula is C11H17N5O2. The summed E-state index contributed by atoms with van der Waals surface area (Å²) < 4.78 is 12.0. The van der Waals surface area contributed by atoms with Crippen LogP contribution in [-0.2, 0) is 17.3 Å². The van der Waals surface area contributed by atoms with Gasteiger partial charge in [-0.05, 0) is 13.8 Å². The topological polar surface area (TPSA) is 92.0 Å². The predicted octanol–water partition coefficient (Wildman–Crippen LogP) is 0.599. The molecule has 0 amide bonds. The Labute approximate surface area is 105 Å². The number of nitrogens with zero attached hydrogens (tertiary/aromatic N) is 4. The van der Waals surface area contributed by atoms with Crippen LogP contribution in [0.25, 0.3) is 11.5 Å². The van der Waals surface area contributed by atoms with Crippen molar-refractivity contribution in [1.82, 2.24) is 19.9 Å². The van der Waals surface area contributed by atoms with Gasteiger partial charge >= 0.3 is 0 Å². The van der Waals surface area contributed by atoms with E-state index in [9.17, 15) is 0 Å². The molecule has 0 spiro atoms. The van der Waals surface area contributed by atoms with Gasteiger partial charge in [0, 0.05) is 19.9 Å². The van der Waals surface area contributed by atoms with E-state index < -0.39 is 5.54 Å². The average Bonchev–Trinajstić information content (AvgIpc) is 2.88. The fourth-order valence-corrected chi connectivity index (χ4v) is 1.64. The number of ether oxygens (including phenoxy) is 1. The van der Waals surface area contributed by atoms with E-state index in [2.05, 4.69) is 15.2 Å². The van der Waals surface area contributed by atoms with Crippen molar-refractivity contribution in [2.45, 2.75) is 19.4 Å². The van der Waals surface area contributed by atoms with Gasteiger partial charge in [0.15, 0.2) is 5.82 Å². The molecule has 98 valence electrons. The predicted molar refractivity (Wildman–Crippen MR) is 64.7 cm³/mol. The fourth-order valence-electron chi connectivity index (χ4n) is 1.64. The lowest BCUT2D eigenvalue weighted by Crippen LogP contribution is -2.38. The van der Waals surface area contributed by atoms with Gasteiger partial charge in [-0.3, -0.25) is 4.68 Å². The van der Waals surface area contributed by atoms with Crippen LogP contribution >= 0.6 is 0 Å². The first-order valence-corrected chi connectivity index (χ1v) is 5.56. The lowest BCUT2D eigenvalue weighted by Gasteiger charge is -2.18. The molecule has 7 heteroatoms. The Bertz CT molecular complexity index is 543. The summed E-state index contributed by atoms with van der Waals surface area (Å²) in [6, 6.07) is 0. The minimum atomic E-state index is -0.771. The van der Waals surface area contributed by atoms with Gasteiger partial charge in [-0.1, -0.05) is 5.16 Å². The summed E-state index contributed by atoms with van der Waals surface area (Å²) in [6.07, 6.45) is 1.69. The molecule has 2 heterocycles. The van der Waals surface area contributed by atoms with Gasteiger partial charge in [-0.25, -0.2) is 0 Å². The molecule has 2 aromatic heterocycles. The molecule has 2 rings (SSSR count). The van der Waals surface area contributed by atoms with E-state index in [0.29, 0.717) is 18.3 Å². The van der Waals surface area contributed by atoms with Crippen LogP contribution in [0.2, 0.25) is 0 Å². The summed E-state index contributed by atoms with van der Waals surface area (Å²) >= 11 is 0. The van der Waals surface area contributed by atoms with Crippen molar-refractivity contribution in [3.05, 3.63) is 17.7 Å². The van der Waals surface area contributed by atoms with Gasteiger partial charge in [0.25, 0.3) is 5.89 Å². The Morgan fingerprint density at radius 1 is 1.56 bits per heavy atom. The van der Waals surface area contributed by atoms with Crippen molar-refractivity contribution >= 4 is 0 Å². The molecule has 0 fully saturated rings. The number of hydrogen-bond acceptors (Lipinski definition) is 6. The second-order valence-corrected chi connectivity index (χ2v) is 4.54. The maximum absolute atomic E-state index is 6.05. The number of hydrogen-bond donors (Lipinski definition) is 1. The minimum Gasteiger partial charge on any atom is -0.382 e. The third-order valence-electron chi connectivity index (χ3n) is 2.85. The van der Waals surface area contributed by atoms with Gasteiger partial charge in [0.2, 0.25) is 0 Å². The maximum Gasteiger partial charge on any atom is 0.261 e. The normalized spacial score (nSPS) is 14.7. The van der Waals surface area contributed by atoms with Crippen LogP contribution in [0.4, 0.5) is 0 Å². The molecule has 0 radical (unpaired) electrons. The lowest BCUT2D eigenvalue weighted by atomic mass is 10.1. The summed E-state index contributed by atoms with van der Waals surface area (Å²) in [4.78, 5) is 4.31. The van der Waals surface area contributed by atoms with E-state index in [1.165, 1.54) is 0 Å². The highest BCUT2D eigenvalue weighted by Crippen LogP contribution is 2.23. The smallest absolute Gasteiger partial charge is 0.261 e. The second-order valence-electron chi connectivity index (χ2n) is 4.54. The first-order valence-electron chi connectivity index (χ1n) is 5.56. The van der Waals surface area contributed by atoms with Crippen molar-refractivity contribution in [2.24, 2.45) is 12.8 Å². The van der Waals surface area contributed by atoms with Gasteiger partial charge in [-0.15, -0.1) is 0 Å². The Hall–Kier alpha value is -1.73. The van der Waals surface area contributed by atoms with E-state index >= 15 is 0 Å². The Morgan fingerprint density at radius 3 is 2.83 bits per heavy atom. The summed E-state index contributed by atoms with van der Waals surface area (Å²) in [5, 5.41) is 8.04. The summed E-state index contributed by atoms with van der Waals surface area (Å²) in [7, 11) is 3.44.